The molecule has 0 atom stereocenters. The number of hydrogen-bond donors (Lipinski definition) is 1. The van der Waals surface area contributed by atoms with E-state index in [2.05, 4.69) is 26.1 Å². The fraction of sp³-hybridized carbons (Fsp3) is 0.611. The van der Waals surface area contributed by atoms with Gasteiger partial charge in [0.15, 0.2) is 0 Å². The normalized spacial score (nSPS) is 12.0. The summed E-state index contributed by atoms with van der Waals surface area (Å²) in [5.74, 6) is 0. The minimum Gasteiger partial charge on any atom is -0.444 e. The average Bonchev–Trinajstić information content (AvgIpc) is 2.34. The number of carbonyl (C=O) groups is 1. The zero-order valence-corrected chi connectivity index (χ0v) is 15.0. The summed E-state index contributed by atoms with van der Waals surface area (Å²) in [7, 11) is 1.76. The molecule has 0 unspecified atom stereocenters. The predicted molar refractivity (Wildman–Crippen MR) is 92.1 cm³/mol. The van der Waals surface area contributed by atoms with Crippen molar-refractivity contribution in [3.05, 3.63) is 29.8 Å². The fourth-order valence-corrected chi connectivity index (χ4v) is 1.85. The Hall–Kier alpha value is -1.71. The van der Waals surface area contributed by atoms with Crippen molar-refractivity contribution >= 4 is 11.8 Å². The lowest BCUT2D eigenvalue weighted by molar-refractivity contribution is 0.0285. The van der Waals surface area contributed by atoms with Gasteiger partial charge in [0.25, 0.3) is 0 Å². The molecule has 1 rings (SSSR count). The number of anilines is 1. The van der Waals surface area contributed by atoms with E-state index in [9.17, 15) is 4.79 Å². The van der Waals surface area contributed by atoms with Crippen LogP contribution in [0.4, 0.5) is 10.5 Å². The first-order chi connectivity index (χ1) is 9.98. The van der Waals surface area contributed by atoms with Crippen LogP contribution in [0.15, 0.2) is 24.3 Å². The maximum atomic E-state index is 12.1. The molecule has 22 heavy (non-hydrogen) atoms. The molecule has 124 valence electrons. The molecule has 1 amide bonds. The molecule has 0 aliphatic carbocycles. The highest BCUT2D eigenvalue weighted by Gasteiger charge is 2.20. The van der Waals surface area contributed by atoms with E-state index in [1.165, 1.54) is 0 Å². The van der Waals surface area contributed by atoms with Crippen LogP contribution in [-0.2, 0) is 11.3 Å². The van der Waals surface area contributed by atoms with Gasteiger partial charge in [-0.2, -0.15) is 0 Å². The summed E-state index contributed by atoms with van der Waals surface area (Å²) in [4.78, 5) is 13.7. The Morgan fingerprint density at radius 2 is 1.73 bits per heavy atom. The summed E-state index contributed by atoms with van der Waals surface area (Å²) in [6.07, 6.45) is -0.307. The van der Waals surface area contributed by atoms with Crippen LogP contribution < -0.4 is 5.32 Å². The highest BCUT2D eigenvalue weighted by Crippen LogP contribution is 2.21. The van der Waals surface area contributed by atoms with E-state index < -0.39 is 5.60 Å². The Labute approximate surface area is 134 Å². The number of benzene rings is 1. The molecule has 1 aromatic carbocycles. The van der Waals surface area contributed by atoms with E-state index in [-0.39, 0.29) is 11.5 Å². The molecule has 1 N–H and O–H groups in total. The monoisotopic (exact) mass is 306 g/mol. The van der Waals surface area contributed by atoms with Crippen molar-refractivity contribution in [1.82, 2.24) is 4.90 Å². The number of nitrogens with one attached hydrogen (secondary N) is 1. The standard InChI is InChI=1S/C18H30N2O2/c1-17(2,3)13-19-15-11-9-8-10-14(15)12-20(7)16(21)22-18(4,5)6/h8-11,19H,12-13H2,1-7H3. The van der Waals surface area contributed by atoms with Gasteiger partial charge in [-0.15, -0.1) is 0 Å². The lowest BCUT2D eigenvalue weighted by atomic mass is 9.96. The highest BCUT2D eigenvalue weighted by atomic mass is 16.6. The molecule has 0 saturated carbocycles. The first kappa shape index (κ1) is 18.3. The first-order valence-electron chi connectivity index (χ1n) is 7.74. The Morgan fingerprint density at radius 3 is 2.27 bits per heavy atom. The Kier molecular flexibility index (Phi) is 5.86. The molecule has 4 heteroatoms. The largest absolute Gasteiger partial charge is 0.444 e. The van der Waals surface area contributed by atoms with Gasteiger partial charge in [0.2, 0.25) is 0 Å². The average molecular weight is 306 g/mol. The summed E-state index contributed by atoms with van der Waals surface area (Å²) in [6.45, 7) is 13.6. The topological polar surface area (TPSA) is 41.6 Å². The van der Waals surface area contributed by atoms with Crippen LogP contribution in [0.3, 0.4) is 0 Å². The van der Waals surface area contributed by atoms with Crippen LogP contribution in [0.2, 0.25) is 0 Å². The number of ether oxygens (including phenoxy) is 1. The van der Waals surface area contributed by atoms with Crippen LogP contribution in [0, 0.1) is 5.41 Å². The third kappa shape index (κ3) is 6.83. The van der Waals surface area contributed by atoms with Gasteiger partial charge in [-0.1, -0.05) is 39.0 Å². The summed E-state index contributed by atoms with van der Waals surface area (Å²) >= 11 is 0. The molecular formula is C18H30N2O2. The van der Waals surface area contributed by atoms with E-state index in [0.717, 1.165) is 17.8 Å². The van der Waals surface area contributed by atoms with Gasteiger partial charge in [-0.05, 0) is 37.8 Å². The smallest absolute Gasteiger partial charge is 0.410 e. The van der Waals surface area contributed by atoms with Crippen LogP contribution in [0.5, 0.6) is 0 Å². The minimum atomic E-state index is -0.477. The van der Waals surface area contributed by atoms with Gasteiger partial charge in [0.1, 0.15) is 5.60 Å². The quantitative estimate of drug-likeness (QED) is 0.889. The third-order valence-electron chi connectivity index (χ3n) is 2.94. The summed E-state index contributed by atoms with van der Waals surface area (Å²) in [5.41, 5.74) is 1.87. The molecule has 1 aromatic rings. The van der Waals surface area contributed by atoms with Crippen LogP contribution in [0.1, 0.15) is 47.1 Å². The summed E-state index contributed by atoms with van der Waals surface area (Å²) < 4.78 is 5.39. The van der Waals surface area contributed by atoms with E-state index in [4.69, 9.17) is 4.74 Å². The molecule has 0 saturated heterocycles. The molecule has 0 fully saturated rings. The molecule has 0 spiro atoms. The van der Waals surface area contributed by atoms with Crippen LogP contribution >= 0.6 is 0 Å². The third-order valence-corrected chi connectivity index (χ3v) is 2.94. The highest BCUT2D eigenvalue weighted by molar-refractivity contribution is 5.68. The maximum Gasteiger partial charge on any atom is 0.410 e. The zero-order valence-electron chi connectivity index (χ0n) is 15.0. The summed E-state index contributed by atoms with van der Waals surface area (Å²) in [6, 6.07) is 8.07. The SMILES string of the molecule is CN(Cc1ccccc1NCC(C)(C)C)C(=O)OC(C)(C)C. The van der Waals surface area contributed by atoms with Crippen molar-refractivity contribution in [3.8, 4) is 0 Å². The minimum absolute atomic E-state index is 0.199. The number of para-hydroxylation sites is 1. The second-order valence-corrected chi connectivity index (χ2v) is 7.91. The van der Waals surface area contributed by atoms with Gasteiger partial charge >= 0.3 is 6.09 Å². The number of amides is 1. The lowest BCUT2D eigenvalue weighted by Gasteiger charge is -2.26. The van der Waals surface area contributed by atoms with Crippen LogP contribution in [-0.4, -0.2) is 30.2 Å². The molecule has 0 heterocycles. The molecule has 0 bridgehead atoms. The summed E-state index contributed by atoms with van der Waals surface area (Å²) in [5, 5.41) is 3.47. The van der Waals surface area contributed by atoms with Gasteiger partial charge in [0, 0.05) is 19.3 Å². The second-order valence-electron chi connectivity index (χ2n) is 7.91. The van der Waals surface area contributed by atoms with Gasteiger partial charge in [-0.25, -0.2) is 4.79 Å². The van der Waals surface area contributed by atoms with Crippen LogP contribution in [0.25, 0.3) is 0 Å². The number of carbonyl (C=O) groups excluding carboxylic acids is 1. The first-order valence-corrected chi connectivity index (χ1v) is 7.74. The van der Waals surface area contributed by atoms with Crippen molar-refractivity contribution < 1.29 is 9.53 Å². The molecule has 0 aliphatic rings. The lowest BCUT2D eigenvalue weighted by Crippen LogP contribution is -2.34. The predicted octanol–water partition coefficient (Wildman–Crippen LogP) is 4.51. The van der Waals surface area contributed by atoms with Crippen molar-refractivity contribution in [3.63, 3.8) is 0 Å². The number of nitrogens with zero attached hydrogens (tertiary/aromatic N) is 1. The van der Waals surface area contributed by atoms with E-state index in [1.54, 1.807) is 11.9 Å². The van der Waals surface area contributed by atoms with Gasteiger partial charge in [-0.3, -0.25) is 0 Å². The van der Waals surface area contributed by atoms with Crippen molar-refractivity contribution in [2.75, 3.05) is 18.9 Å². The zero-order chi connectivity index (χ0) is 17.0. The molecule has 4 nitrogen and oxygen atoms in total. The molecule has 0 aromatic heterocycles. The number of hydrogen-bond acceptors (Lipinski definition) is 3. The van der Waals surface area contributed by atoms with E-state index >= 15 is 0 Å². The van der Waals surface area contributed by atoms with E-state index in [0.29, 0.717) is 6.54 Å². The van der Waals surface area contributed by atoms with Crippen molar-refractivity contribution in [2.45, 2.75) is 53.7 Å². The Balaban J connectivity index is 2.74. The number of rotatable bonds is 4. The maximum absolute atomic E-state index is 12.1. The Bertz CT molecular complexity index is 499. The molecule has 0 aliphatic heterocycles. The van der Waals surface area contributed by atoms with Crippen molar-refractivity contribution in [2.24, 2.45) is 5.41 Å². The Morgan fingerprint density at radius 1 is 1.14 bits per heavy atom. The van der Waals surface area contributed by atoms with E-state index in [1.807, 2.05) is 45.0 Å². The van der Waals surface area contributed by atoms with Gasteiger partial charge < -0.3 is 15.0 Å². The van der Waals surface area contributed by atoms with Gasteiger partial charge in [0.05, 0.1) is 6.54 Å². The fourth-order valence-electron chi connectivity index (χ4n) is 1.85. The van der Waals surface area contributed by atoms with Crippen molar-refractivity contribution in [1.29, 1.82) is 0 Å². The second kappa shape index (κ2) is 7.03. The molecule has 0 radical (unpaired) electrons. The molecular weight excluding hydrogens is 276 g/mol.